The van der Waals surface area contributed by atoms with E-state index >= 15 is 0 Å². The van der Waals surface area contributed by atoms with Crippen LogP contribution in [-0.2, 0) is 0 Å². The molecule has 146 valence electrons. The molecule has 0 spiro atoms. The number of esters is 1. The molecular formula is C22H16Cl2N2O3. The zero-order valence-electron chi connectivity index (χ0n) is 15.4. The van der Waals surface area contributed by atoms with Gasteiger partial charge in [-0.15, -0.1) is 0 Å². The first kappa shape index (κ1) is 20.6. The van der Waals surface area contributed by atoms with Gasteiger partial charge in [0.25, 0.3) is 5.91 Å². The minimum absolute atomic E-state index is 0.208. The van der Waals surface area contributed by atoms with E-state index in [9.17, 15) is 9.59 Å². The highest BCUT2D eigenvalue weighted by Gasteiger charge is 2.13. The number of hydrogen-bond acceptors (Lipinski definition) is 4. The highest BCUT2D eigenvalue weighted by atomic mass is 35.5. The zero-order valence-corrected chi connectivity index (χ0v) is 16.9. The fraction of sp³-hybridized carbons (Fsp3) is 0.0455. The highest BCUT2D eigenvalue weighted by molar-refractivity contribution is 6.36. The lowest BCUT2D eigenvalue weighted by Gasteiger charge is -2.07. The van der Waals surface area contributed by atoms with Gasteiger partial charge in [0.15, 0.2) is 0 Å². The quantitative estimate of drug-likeness (QED) is 0.261. The number of halogens is 2. The lowest BCUT2D eigenvalue weighted by molar-refractivity contribution is 0.0734. The van der Waals surface area contributed by atoms with Crippen molar-refractivity contribution in [2.45, 2.75) is 6.92 Å². The first-order chi connectivity index (χ1) is 13.9. The predicted molar refractivity (Wildman–Crippen MR) is 114 cm³/mol. The van der Waals surface area contributed by atoms with Crippen molar-refractivity contribution in [1.82, 2.24) is 5.43 Å². The topological polar surface area (TPSA) is 67.8 Å². The van der Waals surface area contributed by atoms with E-state index in [-0.39, 0.29) is 16.5 Å². The highest BCUT2D eigenvalue weighted by Crippen LogP contribution is 2.23. The van der Waals surface area contributed by atoms with Crippen LogP contribution in [0, 0.1) is 6.92 Å². The van der Waals surface area contributed by atoms with Gasteiger partial charge in [-0.1, -0.05) is 53.5 Å². The van der Waals surface area contributed by atoms with Crippen LogP contribution in [0.2, 0.25) is 10.0 Å². The normalized spacial score (nSPS) is 10.7. The molecule has 0 atom stereocenters. The number of hydrazone groups is 1. The zero-order chi connectivity index (χ0) is 20.8. The summed E-state index contributed by atoms with van der Waals surface area (Å²) in [5.41, 5.74) is 4.73. The van der Waals surface area contributed by atoms with E-state index in [1.165, 1.54) is 18.3 Å². The maximum absolute atomic E-state index is 12.3. The van der Waals surface area contributed by atoms with Gasteiger partial charge in [-0.3, -0.25) is 4.79 Å². The Balaban J connectivity index is 1.66. The number of rotatable bonds is 5. The van der Waals surface area contributed by atoms with Crippen molar-refractivity contribution in [2.24, 2.45) is 5.10 Å². The standard InChI is InChI=1S/C22H16Cl2N2O3/c1-14-5-2-3-8-18(14)21(27)26-25-13-15-6-4-7-17(11-15)29-22(28)19-10-9-16(23)12-20(19)24/h2-13H,1H3,(H,26,27)/b25-13+. The van der Waals surface area contributed by atoms with Crippen LogP contribution in [0.25, 0.3) is 0 Å². The van der Waals surface area contributed by atoms with Crippen molar-refractivity contribution < 1.29 is 14.3 Å². The maximum atomic E-state index is 12.3. The molecule has 29 heavy (non-hydrogen) atoms. The Morgan fingerprint density at radius 2 is 1.76 bits per heavy atom. The van der Waals surface area contributed by atoms with E-state index in [4.69, 9.17) is 27.9 Å². The number of carbonyl (C=O) groups is 2. The summed E-state index contributed by atoms with van der Waals surface area (Å²) < 4.78 is 5.36. The monoisotopic (exact) mass is 426 g/mol. The molecule has 5 nitrogen and oxygen atoms in total. The summed E-state index contributed by atoms with van der Waals surface area (Å²) in [4.78, 5) is 24.5. The van der Waals surface area contributed by atoms with Gasteiger partial charge in [0.1, 0.15) is 5.75 Å². The van der Waals surface area contributed by atoms with Gasteiger partial charge in [-0.05, 0) is 54.4 Å². The maximum Gasteiger partial charge on any atom is 0.345 e. The molecular weight excluding hydrogens is 411 g/mol. The number of nitrogens with zero attached hydrogens (tertiary/aromatic N) is 1. The molecule has 0 aliphatic rings. The third-order valence-corrected chi connectivity index (χ3v) is 4.54. The molecule has 0 aliphatic carbocycles. The second-order valence-corrected chi connectivity index (χ2v) is 6.94. The molecule has 0 aliphatic heterocycles. The number of hydrogen-bond donors (Lipinski definition) is 1. The van der Waals surface area contributed by atoms with Gasteiger partial charge in [-0.2, -0.15) is 5.10 Å². The minimum Gasteiger partial charge on any atom is -0.423 e. The van der Waals surface area contributed by atoms with Crippen LogP contribution in [0.3, 0.4) is 0 Å². The van der Waals surface area contributed by atoms with Crippen LogP contribution in [0.1, 0.15) is 31.8 Å². The van der Waals surface area contributed by atoms with E-state index in [0.29, 0.717) is 21.9 Å². The van der Waals surface area contributed by atoms with Crippen molar-refractivity contribution in [1.29, 1.82) is 0 Å². The van der Waals surface area contributed by atoms with Crippen LogP contribution in [-0.4, -0.2) is 18.1 Å². The summed E-state index contributed by atoms with van der Waals surface area (Å²) >= 11 is 11.9. The smallest absolute Gasteiger partial charge is 0.345 e. The second-order valence-electron chi connectivity index (χ2n) is 6.10. The summed E-state index contributed by atoms with van der Waals surface area (Å²) in [7, 11) is 0. The Labute approximate surface area is 177 Å². The number of carbonyl (C=O) groups excluding carboxylic acids is 2. The third-order valence-electron chi connectivity index (χ3n) is 3.99. The number of amides is 1. The summed E-state index contributed by atoms with van der Waals surface area (Å²) in [6, 6.07) is 18.5. The first-order valence-electron chi connectivity index (χ1n) is 8.60. The Bertz CT molecular complexity index is 1100. The molecule has 0 aromatic heterocycles. The van der Waals surface area contributed by atoms with Crippen molar-refractivity contribution in [3.8, 4) is 5.75 Å². The van der Waals surface area contributed by atoms with Crippen LogP contribution >= 0.6 is 23.2 Å². The van der Waals surface area contributed by atoms with E-state index in [1.54, 1.807) is 42.5 Å². The van der Waals surface area contributed by atoms with Gasteiger partial charge >= 0.3 is 5.97 Å². The van der Waals surface area contributed by atoms with Gasteiger partial charge in [0.2, 0.25) is 0 Å². The molecule has 3 aromatic carbocycles. The molecule has 7 heteroatoms. The van der Waals surface area contributed by atoms with Crippen LogP contribution in [0.5, 0.6) is 5.75 Å². The van der Waals surface area contributed by atoms with Crippen LogP contribution in [0.15, 0.2) is 71.8 Å². The molecule has 0 radical (unpaired) electrons. The molecule has 0 saturated heterocycles. The van der Waals surface area contributed by atoms with Crippen LogP contribution in [0.4, 0.5) is 0 Å². The Morgan fingerprint density at radius 3 is 2.52 bits per heavy atom. The van der Waals surface area contributed by atoms with Crippen LogP contribution < -0.4 is 10.2 Å². The number of ether oxygens (including phenoxy) is 1. The average molecular weight is 427 g/mol. The fourth-order valence-electron chi connectivity index (χ4n) is 2.53. The molecule has 0 bridgehead atoms. The van der Waals surface area contributed by atoms with Gasteiger partial charge in [-0.25, -0.2) is 10.2 Å². The van der Waals surface area contributed by atoms with Crippen molar-refractivity contribution >= 4 is 41.3 Å². The van der Waals surface area contributed by atoms with E-state index < -0.39 is 5.97 Å². The third kappa shape index (κ3) is 5.44. The minimum atomic E-state index is -0.603. The molecule has 1 N–H and O–H groups in total. The van der Waals surface area contributed by atoms with Crippen molar-refractivity contribution in [3.63, 3.8) is 0 Å². The summed E-state index contributed by atoms with van der Waals surface area (Å²) in [5, 5.41) is 4.60. The molecule has 3 aromatic rings. The predicted octanol–water partition coefficient (Wildman–Crippen LogP) is 5.28. The Hall–Kier alpha value is -3.15. The average Bonchev–Trinajstić information content (AvgIpc) is 2.68. The van der Waals surface area contributed by atoms with E-state index in [1.807, 2.05) is 19.1 Å². The molecule has 0 fully saturated rings. The number of nitrogens with one attached hydrogen (secondary N) is 1. The lowest BCUT2D eigenvalue weighted by Crippen LogP contribution is -2.18. The van der Waals surface area contributed by atoms with Gasteiger partial charge in [0, 0.05) is 10.6 Å². The molecule has 0 saturated carbocycles. The van der Waals surface area contributed by atoms with Gasteiger partial charge < -0.3 is 4.74 Å². The fourth-order valence-corrected chi connectivity index (χ4v) is 3.01. The van der Waals surface area contributed by atoms with Crippen molar-refractivity contribution in [3.05, 3.63) is 99.0 Å². The number of aryl methyl sites for hydroxylation is 1. The Kier molecular flexibility index (Phi) is 6.65. The second kappa shape index (κ2) is 9.37. The Morgan fingerprint density at radius 1 is 0.966 bits per heavy atom. The molecule has 0 unspecified atom stereocenters. The molecule has 3 rings (SSSR count). The lowest BCUT2D eigenvalue weighted by atomic mass is 10.1. The molecule has 0 heterocycles. The van der Waals surface area contributed by atoms with Gasteiger partial charge in [0.05, 0.1) is 16.8 Å². The van der Waals surface area contributed by atoms with E-state index in [0.717, 1.165) is 5.56 Å². The summed E-state index contributed by atoms with van der Waals surface area (Å²) in [6.45, 7) is 1.85. The SMILES string of the molecule is Cc1ccccc1C(=O)N/N=C/c1cccc(OC(=O)c2ccc(Cl)cc2Cl)c1. The molecule has 1 amide bonds. The van der Waals surface area contributed by atoms with Crippen molar-refractivity contribution in [2.75, 3.05) is 0 Å². The first-order valence-corrected chi connectivity index (χ1v) is 9.36. The number of benzene rings is 3. The van der Waals surface area contributed by atoms with E-state index in [2.05, 4.69) is 10.5 Å². The summed E-state index contributed by atoms with van der Waals surface area (Å²) in [6.07, 6.45) is 1.46. The largest absolute Gasteiger partial charge is 0.423 e. The summed E-state index contributed by atoms with van der Waals surface area (Å²) in [5.74, 6) is -0.594.